The molecule has 6 heteroatoms. The van der Waals surface area contributed by atoms with Crippen LogP contribution in [0.5, 0.6) is 0 Å². The Morgan fingerprint density at radius 3 is 1.11 bits per heavy atom. The number of unbranched alkanes of at least 4 members (excludes halogenated alkanes) is 24. The Balaban J connectivity index is 3.28. The number of hydrogen-bond donors (Lipinski definition) is 1. The van der Waals surface area contributed by atoms with Crippen LogP contribution in [0, 0.1) is 0 Å². The summed E-state index contributed by atoms with van der Waals surface area (Å²) in [6, 6.07) is 0. The number of rotatable bonds is 36. The molecule has 0 aliphatic heterocycles. The van der Waals surface area contributed by atoms with Gasteiger partial charge in [0.15, 0.2) is 0 Å². The van der Waals surface area contributed by atoms with Gasteiger partial charge in [-0.25, -0.2) is 0 Å². The molecule has 0 aromatic rings. The maximum Gasteiger partial charge on any atom is 0.305 e. The highest BCUT2D eigenvalue weighted by atomic mass is 16.5. The van der Waals surface area contributed by atoms with Crippen LogP contribution in [0.1, 0.15) is 193 Å². The molecule has 0 spiro atoms. The van der Waals surface area contributed by atoms with E-state index < -0.39 is 0 Å². The zero-order valence-electron chi connectivity index (χ0n) is 30.6. The zero-order valence-corrected chi connectivity index (χ0v) is 30.6. The molecule has 0 fully saturated rings. The first kappa shape index (κ1) is 43.9. The highest BCUT2D eigenvalue weighted by Crippen LogP contribution is 2.14. The van der Waals surface area contributed by atoms with Crippen molar-refractivity contribution in [2.75, 3.05) is 47.0 Å². The van der Waals surface area contributed by atoms with Gasteiger partial charge in [-0.2, -0.15) is 0 Å². The van der Waals surface area contributed by atoms with E-state index in [0.717, 1.165) is 62.5 Å². The van der Waals surface area contributed by atoms with Crippen LogP contribution in [0.4, 0.5) is 0 Å². The van der Waals surface area contributed by atoms with Crippen molar-refractivity contribution < 1.29 is 28.7 Å². The number of nitrogens with zero attached hydrogens (tertiary/aromatic N) is 1. The SMILES string of the molecule is CCCCCCCCCCCCOC(=O)CCCCCCCCCCC(=O)OCCCCCCCCCCC[N+](C)(C)CCO. The second kappa shape index (κ2) is 34.2. The van der Waals surface area contributed by atoms with Gasteiger partial charge < -0.3 is 19.1 Å². The largest absolute Gasteiger partial charge is 0.466 e. The van der Waals surface area contributed by atoms with Crippen LogP contribution in [0.15, 0.2) is 0 Å². The minimum absolute atomic E-state index is 0.0229. The van der Waals surface area contributed by atoms with Crippen molar-refractivity contribution in [1.29, 1.82) is 0 Å². The number of ether oxygens (including phenoxy) is 2. The Morgan fingerprint density at radius 2 is 0.756 bits per heavy atom. The zero-order chi connectivity index (χ0) is 33.1. The van der Waals surface area contributed by atoms with Gasteiger partial charge in [0.25, 0.3) is 0 Å². The summed E-state index contributed by atoms with van der Waals surface area (Å²) in [5, 5.41) is 9.10. The molecule has 0 saturated heterocycles. The smallest absolute Gasteiger partial charge is 0.305 e. The van der Waals surface area contributed by atoms with Gasteiger partial charge in [0.2, 0.25) is 0 Å². The van der Waals surface area contributed by atoms with Crippen LogP contribution in [-0.2, 0) is 19.1 Å². The Morgan fingerprint density at radius 1 is 0.444 bits per heavy atom. The standard InChI is InChI=1S/C39H78NO5/c1-4-5-6-7-8-9-14-19-24-29-36-44-38(42)31-26-21-16-11-12-17-22-27-32-39(43)45-37-30-25-20-15-10-13-18-23-28-33-40(2,3)34-35-41/h41H,4-37H2,1-3H3/q+1. The maximum atomic E-state index is 12.0. The molecule has 6 nitrogen and oxygen atoms in total. The first-order valence-electron chi connectivity index (χ1n) is 19.7. The summed E-state index contributed by atoms with van der Waals surface area (Å²) >= 11 is 0. The number of carbonyl (C=O) groups is 2. The van der Waals surface area contributed by atoms with Gasteiger partial charge in [-0.1, -0.05) is 142 Å². The van der Waals surface area contributed by atoms with Crippen molar-refractivity contribution in [3.05, 3.63) is 0 Å². The summed E-state index contributed by atoms with van der Waals surface area (Å²) in [5.74, 6) is -0.0545. The van der Waals surface area contributed by atoms with Gasteiger partial charge in [0.1, 0.15) is 6.54 Å². The first-order chi connectivity index (χ1) is 21.9. The lowest BCUT2D eigenvalue weighted by atomic mass is 10.1. The van der Waals surface area contributed by atoms with Gasteiger partial charge >= 0.3 is 11.9 Å². The topological polar surface area (TPSA) is 72.8 Å². The third-order valence-electron chi connectivity index (χ3n) is 9.15. The van der Waals surface area contributed by atoms with E-state index >= 15 is 0 Å². The maximum absolute atomic E-state index is 12.0. The van der Waals surface area contributed by atoms with E-state index in [4.69, 9.17) is 14.6 Å². The molecule has 0 rings (SSSR count). The van der Waals surface area contributed by atoms with E-state index in [1.165, 1.54) is 128 Å². The van der Waals surface area contributed by atoms with Gasteiger partial charge in [0, 0.05) is 12.8 Å². The molecular weight excluding hydrogens is 562 g/mol. The fraction of sp³-hybridized carbons (Fsp3) is 0.949. The molecule has 45 heavy (non-hydrogen) atoms. The van der Waals surface area contributed by atoms with Crippen molar-refractivity contribution in [1.82, 2.24) is 0 Å². The summed E-state index contributed by atoms with van der Waals surface area (Å²) in [5.41, 5.74) is 0. The molecule has 0 saturated carbocycles. The summed E-state index contributed by atoms with van der Waals surface area (Å²) in [6.45, 7) is 5.71. The minimum Gasteiger partial charge on any atom is -0.466 e. The molecule has 0 aromatic carbocycles. The summed E-state index contributed by atoms with van der Waals surface area (Å²) in [6.07, 6.45) is 34.1. The van der Waals surface area contributed by atoms with Crippen molar-refractivity contribution in [3.8, 4) is 0 Å². The van der Waals surface area contributed by atoms with Crippen LogP contribution < -0.4 is 0 Å². The quantitative estimate of drug-likeness (QED) is 0.0419. The van der Waals surface area contributed by atoms with Crippen LogP contribution in [-0.4, -0.2) is 68.5 Å². The number of aliphatic hydroxyl groups excluding tert-OH is 1. The summed E-state index contributed by atoms with van der Waals surface area (Å²) in [7, 11) is 4.39. The molecule has 0 atom stereocenters. The van der Waals surface area contributed by atoms with Gasteiger partial charge in [-0.05, 0) is 38.5 Å². The number of hydrogen-bond acceptors (Lipinski definition) is 5. The second-order valence-electron chi connectivity index (χ2n) is 14.2. The fourth-order valence-corrected chi connectivity index (χ4v) is 5.97. The number of aliphatic hydroxyl groups is 1. The molecule has 0 unspecified atom stereocenters. The van der Waals surface area contributed by atoms with E-state index in [0.29, 0.717) is 26.1 Å². The van der Waals surface area contributed by atoms with Crippen LogP contribution in [0.3, 0.4) is 0 Å². The molecule has 0 bridgehead atoms. The fourth-order valence-electron chi connectivity index (χ4n) is 5.97. The summed E-state index contributed by atoms with van der Waals surface area (Å²) in [4.78, 5) is 23.9. The van der Waals surface area contributed by atoms with E-state index in [9.17, 15) is 9.59 Å². The van der Waals surface area contributed by atoms with Crippen molar-refractivity contribution >= 4 is 11.9 Å². The van der Waals surface area contributed by atoms with E-state index in [1.807, 2.05) is 0 Å². The predicted octanol–water partition coefficient (Wildman–Crippen LogP) is 10.5. The highest BCUT2D eigenvalue weighted by molar-refractivity contribution is 5.69. The lowest BCUT2D eigenvalue weighted by molar-refractivity contribution is -0.890. The molecule has 0 radical (unpaired) electrons. The van der Waals surface area contributed by atoms with E-state index in [2.05, 4.69) is 21.0 Å². The van der Waals surface area contributed by atoms with Gasteiger partial charge in [0.05, 0.1) is 40.5 Å². The van der Waals surface area contributed by atoms with Crippen molar-refractivity contribution in [3.63, 3.8) is 0 Å². The lowest BCUT2D eigenvalue weighted by Crippen LogP contribution is -2.42. The average molecular weight is 641 g/mol. The molecule has 268 valence electrons. The number of likely N-dealkylation sites (N-methyl/N-ethyl adjacent to an activating group) is 1. The number of carbonyl (C=O) groups excluding carboxylic acids is 2. The van der Waals surface area contributed by atoms with Gasteiger partial charge in [-0.15, -0.1) is 0 Å². The molecule has 0 aromatic heterocycles. The Kier molecular flexibility index (Phi) is 33.3. The molecule has 0 aliphatic carbocycles. The van der Waals surface area contributed by atoms with Crippen LogP contribution >= 0.6 is 0 Å². The molecule has 1 N–H and O–H groups in total. The van der Waals surface area contributed by atoms with E-state index in [-0.39, 0.29) is 18.5 Å². The van der Waals surface area contributed by atoms with Crippen LogP contribution in [0.25, 0.3) is 0 Å². The predicted molar refractivity (Wildman–Crippen MR) is 190 cm³/mol. The third kappa shape index (κ3) is 35.6. The number of quaternary nitrogens is 1. The summed E-state index contributed by atoms with van der Waals surface area (Å²) < 4.78 is 11.7. The minimum atomic E-state index is -0.0316. The highest BCUT2D eigenvalue weighted by Gasteiger charge is 2.12. The number of esters is 2. The monoisotopic (exact) mass is 641 g/mol. The van der Waals surface area contributed by atoms with Gasteiger partial charge in [-0.3, -0.25) is 9.59 Å². The van der Waals surface area contributed by atoms with Crippen LogP contribution in [0.2, 0.25) is 0 Å². The Hall–Kier alpha value is -1.14. The second-order valence-corrected chi connectivity index (χ2v) is 14.2. The molecule has 0 aliphatic rings. The lowest BCUT2D eigenvalue weighted by Gasteiger charge is -2.28. The van der Waals surface area contributed by atoms with Crippen molar-refractivity contribution in [2.24, 2.45) is 0 Å². The molecular formula is C39H78NO5+. The molecule has 0 amide bonds. The Bertz CT molecular complexity index is 639. The Labute approximate surface area is 280 Å². The molecule has 0 heterocycles. The normalized spacial score (nSPS) is 11.6. The third-order valence-corrected chi connectivity index (χ3v) is 9.15. The van der Waals surface area contributed by atoms with E-state index in [1.54, 1.807) is 0 Å². The first-order valence-corrected chi connectivity index (χ1v) is 19.7. The van der Waals surface area contributed by atoms with Crippen molar-refractivity contribution in [2.45, 2.75) is 193 Å². The average Bonchev–Trinajstić information content (AvgIpc) is 3.01.